The van der Waals surface area contributed by atoms with E-state index in [4.69, 9.17) is 5.11 Å². The van der Waals surface area contributed by atoms with Gasteiger partial charge in [-0.1, -0.05) is 51.3 Å². The van der Waals surface area contributed by atoms with Crippen molar-refractivity contribution in [3.05, 3.63) is 78.1 Å². The second-order valence-corrected chi connectivity index (χ2v) is 5.45. The van der Waals surface area contributed by atoms with Gasteiger partial charge in [0.2, 0.25) is 0 Å². The third-order valence-corrected chi connectivity index (χ3v) is 3.17. The van der Waals surface area contributed by atoms with Crippen molar-refractivity contribution in [3.63, 3.8) is 0 Å². The highest BCUT2D eigenvalue weighted by molar-refractivity contribution is 5.42. The molecule has 0 aliphatic heterocycles. The number of hydrogen-bond donors (Lipinski definition) is 2. The number of aromatic hydroxyl groups is 1. The van der Waals surface area contributed by atoms with Gasteiger partial charge in [-0.3, -0.25) is 0 Å². The molecule has 2 nitrogen and oxygen atoms in total. The highest BCUT2D eigenvalue weighted by Gasteiger charge is 2.18. The molecule has 20 heavy (non-hydrogen) atoms. The van der Waals surface area contributed by atoms with Crippen molar-refractivity contribution in [2.75, 3.05) is 0 Å². The lowest BCUT2D eigenvalue weighted by Crippen LogP contribution is -2.14. The summed E-state index contributed by atoms with van der Waals surface area (Å²) in [5.41, 5.74) is 2.79. The smallest absolute Gasteiger partial charge is 0.115 e. The van der Waals surface area contributed by atoms with Crippen LogP contribution in [0, 0.1) is 0 Å². The molecule has 0 bridgehead atoms. The Hall–Kier alpha value is -2.22. The minimum absolute atomic E-state index is 0.0109. The third-order valence-electron chi connectivity index (χ3n) is 3.17. The molecule has 0 heterocycles. The Labute approximate surface area is 121 Å². The first-order chi connectivity index (χ1) is 9.22. The van der Waals surface area contributed by atoms with Gasteiger partial charge >= 0.3 is 0 Å². The van der Waals surface area contributed by atoms with Crippen LogP contribution >= 0.6 is 0 Å². The van der Waals surface area contributed by atoms with Crippen molar-refractivity contribution in [1.29, 1.82) is 0 Å². The van der Waals surface area contributed by atoms with E-state index >= 15 is 0 Å². The lowest BCUT2D eigenvalue weighted by atomic mass is 9.82. The minimum Gasteiger partial charge on any atom is -0.509 e. The van der Waals surface area contributed by atoms with Gasteiger partial charge in [-0.25, -0.2) is 0 Å². The molecular formula is C18H22O2. The molecule has 0 atom stereocenters. The number of phenols is 1. The van der Waals surface area contributed by atoms with E-state index in [1.165, 1.54) is 6.08 Å². The van der Waals surface area contributed by atoms with Crippen molar-refractivity contribution in [2.24, 2.45) is 0 Å². The number of phenolic OH excluding ortho intramolecular Hbond substituents is 1. The molecule has 0 saturated carbocycles. The third kappa shape index (κ3) is 4.47. The zero-order valence-corrected chi connectivity index (χ0v) is 12.4. The Bertz CT molecular complexity index is 558. The summed E-state index contributed by atoms with van der Waals surface area (Å²) in [6.45, 7) is 13.6. The van der Waals surface area contributed by atoms with Gasteiger partial charge in [0.05, 0.1) is 0 Å². The maximum atomic E-state index is 9.34. The molecule has 1 aromatic rings. The Morgan fingerprint density at radius 3 is 2.15 bits per heavy atom. The Kier molecular flexibility index (Phi) is 4.98. The van der Waals surface area contributed by atoms with Gasteiger partial charge < -0.3 is 10.2 Å². The van der Waals surface area contributed by atoms with Crippen LogP contribution in [0.2, 0.25) is 0 Å². The summed E-state index contributed by atoms with van der Waals surface area (Å²) in [5.74, 6) is 0.274. The molecule has 1 aromatic carbocycles. The molecule has 0 fully saturated rings. The standard InChI is InChI=1S/C18H22O2/c1-13(6-7-15(3)19)14(2)12-18(4,5)16-8-10-17(20)11-9-16/h6-12,19-20H,1,3H2,2,4-5H3/b7-6-,14-12-. The van der Waals surface area contributed by atoms with Crippen molar-refractivity contribution >= 4 is 0 Å². The number of aliphatic hydroxyl groups is 1. The molecule has 106 valence electrons. The summed E-state index contributed by atoms with van der Waals surface area (Å²) in [6.07, 6.45) is 5.38. The molecule has 2 N–H and O–H groups in total. The molecule has 0 spiro atoms. The highest BCUT2D eigenvalue weighted by Crippen LogP contribution is 2.28. The van der Waals surface area contributed by atoms with E-state index in [9.17, 15) is 5.11 Å². The first-order valence-corrected chi connectivity index (χ1v) is 6.46. The molecule has 2 heteroatoms. The Balaban J connectivity index is 2.98. The van der Waals surface area contributed by atoms with Crippen molar-refractivity contribution in [3.8, 4) is 5.75 Å². The van der Waals surface area contributed by atoms with Crippen LogP contribution in [0.5, 0.6) is 5.75 Å². The number of hydrogen-bond acceptors (Lipinski definition) is 2. The number of rotatable bonds is 5. The highest BCUT2D eigenvalue weighted by atomic mass is 16.3. The average molecular weight is 270 g/mol. The summed E-state index contributed by atoms with van der Waals surface area (Å²) >= 11 is 0. The quantitative estimate of drug-likeness (QED) is 0.596. The van der Waals surface area contributed by atoms with Crippen LogP contribution < -0.4 is 0 Å². The summed E-state index contributed by atoms with van der Waals surface area (Å²) in [7, 11) is 0. The predicted octanol–water partition coefficient (Wildman–Crippen LogP) is 4.80. The van der Waals surface area contributed by atoms with E-state index in [0.717, 1.165) is 16.7 Å². The van der Waals surface area contributed by atoms with Gasteiger partial charge in [0.25, 0.3) is 0 Å². The molecule has 0 amide bonds. The van der Waals surface area contributed by atoms with Crippen molar-refractivity contribution in [1.82, 2.24) is 0 Å². The van der Waals surface area contributed by atoms with Gasteiger partial charge in [-0.05, 0) is 41.8 Å². The summed E-state index contributed by atoms with van der Waals surface area (Å²) < 4.78 is 0. The zero-order valence-electron chi connectivity index (χ0n) is 12.4. The van der Waals surface area contributed by atoms with E-state index in [2.05, 4.69) is 33.1 Å². The van der Waals surface area contributed by atoms with E-state index in [-0.39, 0.29) is 16.9 Å². The zero-order chi connectivity index (χ0) is 15.3. The predicted molar refractivity (Wildman–Crippen MR) is 84.9 cm³/mol. The fourth-order valence-electron chi connectivity index (χ4n) is 1.94. The summed E-state index contributed by atoms with van der Waals surface area (Å²) in [5, 5.41) is 18.4. The topological polar surface area (TPSA) is 40.5 Å². The Morgan fingerprint density at radius 2 is 1.65 bits per heavy atom. The second kappa shape index (κ2) is 6.29. The van der Waals surface area contributed by atoms with Crippen LogP contribution in [-0.2, 0) is 5.41 Å². The van der Waals surface area contributed by atoms with Gasteiger partial charge in [0, 0.05) is 5.41 Å². The fourth-order valence-corrected chi connectivity index (χ4v) is 1.94. The Morgan fingerprint density at radius 1 is 1.10 bits per heavy atom. The first kappa shape index (κ1) is 15.8. The lowest BCUT2D eigenvalue weighted by molar-refractivity contribution is 0.435. The summed E-state index contributed by atoms with van der Waals surface area (Å²) in [6, 6.07) is 7.19. The molecule has 0 aliphatic rings. The maximum absolute atomic E-state index is 9.34. The van der Waals surface area contributed by atoms with Crippen LogP contribution in [0.25, 0.3) is 0 Å². The number of benzene rings is 1. The van der Waals surface area contributed by atoms with Gasteiger partial charge in [-0.15, -0.1) is 0 Å². The second-order valence-electron chi connectivity index (χ2n) is 5.45. The molecule has 0 aromatic heterocycles. The monoisotopic (exact) mass is 270 g/mol. The van der Waals surface area contributed by atoms with E-state index in [1.807, 2.05) is 19.1 Å². The van der Waals surface area contributed by atoms with E-state index in [0.29, 0.717) is 0 Å². The molecule has 0 aliphatic carbocycles. The van der Waals surface area contributed by atoms with Crippen molar-refractivity contribution in [2.45, 2.75) is 26.2 Å². The van der Waals surface area contributed by atoms with Crippen LogP contribution in [-0.4, -0.2) is 10.2 Å². The van der Waals surface area contributed by atoms with Gasteiger partial charge in [0.15, 0.2) is 0 Å². The largest absolute Gasteiger partial charge is 0.509 e. The number of allylic oxidation sites excluding steroid dienone is 5. The van der Waals surface area contributed by atoms with Crippen LogP contribution in [0.4, 0.5) is 0 Å². The number of aliphatic hydroxyl groups excluding tert-OH is 1. The lowest BCUT2D eigenvalue weighted by Gasteiger charge is -2.22. The van der Waals surface area contributed by atoms with Crippen LogP contribution in [0.3, 0.4) is 0 Å². The van der Waals surface area contributed by atoms with Crippen LogP contribution in [0.1, 0.15) is 26.3 Å². The fraction of sp³-hybridized carbons (Fsp3) is 0.222. The van der Waals surface area contributed by atoms with E-state index in [1.54, 1.807) is 18.2 Å². The molecule has 0 unspecified atom stereocenters. The first-order valence-electron chi connectivity index (χ1n) is 6.46. The molecule has 0 radical (unpaired) electrons. The molecular weight excluding hydrogens is 248 g/mol. The molecule has 1 rings (SSSR count). The minimum atomic E-state index is -0.176. The van der Waals surface area contributed by atoms with Gasteiger partial charge in [-0.2, -0.15) is 0 Å². The normalized spacial score (nSPS) is 12.7. The molecule has 0 saturated heterocycles. The van der Waals surface area contributed by atoms with E-state index < -0.39 is 0 Å². The van der Waals surface area contributed by atoms with Gasteiger partial charge in [0.1, 0.15) is 11.5 Å². The SMILES string of the molecule is C=C(O)/C=C\C(=C)/C(C)=C\C(C)(C)c1ccc(O)cc1. The summed E-state index contributed by atoms with van der Waals surface area (Å²) in [4.78, 5) is 0. The van der Waals surface area contributed by atoms with Crippen molar-refractivity contribution < 1.29 is 10.2 Å². The average Bonchev–Trinajstić information content (AvgIpc) is 2.35. The maximum Gasteiger partial charge on any atom is 0.115 e. The van der Waals surface area contributed by atoms with Crippen LogP contribution in [0.15, 0.2) is 72.6 Å².